The van der Waals surface area contributed by atoms with Gasteiger partial charge >= 0.3 is 0 Å². The minimum atomic E-state index is -0.376. The smallest absolute Gasteiger partial charge is 0.250 e. The van der Waals surface area contributed by atoms with Crippen molar-refractivity contribution in [1.82, 2.24) is 4.98 Å². The second kappa shape index (κ2) is 7.82. The number of unbranched alkanes of at least 4 members (excludes halogenated alkanes) is 5. The predicted octanol–water partition coefficient (Wildman–Crippen LogP) is 3.08. The van der Waals surface area contributed by atoms with Gasteiger partial charge in [-0.15, -0.1) is 0 Å². The molecule has 1 heterocycles. The number of aryl methyl sites for hydroxylation is 1. The van der Waals surface area contributed by atoms with Gasteiger partial charge in [-0.2, -0.15) is 0 Å². The van der Waals surface area contributed by atoms with Crippen molar-refractivity contribution in [1.29, 1.82) is 0 Å². The third-order valence-electron chi connectivity index (χ3n) is 2.92. The standard InChI is InChI=1S/C14H22N2O/c1-2-3-4-5-6-7-10-13-12(14(15)17)9-8-11-16-13/h8-9,11H,2-7,10H2,1H3,(H2,15,17). The number of rotatable bonds is 8. The fraction of sp³-hybridized carbons (Fsp3) is 0.571. The van der Waals surface area contributed by atoms with Gasteiger partial charge in [0.25, 0.3) is 5.91 Å². The molecule has 3 heteroatoms. The lowest BCUT2D eigenvalue weighted by atomic mass is 10.0. The van der Waals surface area contributed by atoms with Crippen molar-refractivity contribution in [3.63, 3.8) is 0 Å². The van der Waals surface area contributed by atoms with E-state index in [1.165, 1.54) is 32.1 Å². The first-order chi connectivity index (χ1) is 8.25. The molecule has 0 aliphatic heterocycles. The molecule has 0 radical (unpaired) electrons. The monoisotopic (exact) mass is 234 g/mol. The maximum absolute atomic E-state index is 11.2. The topological polar surface area (TPSA) is 56.0 Å². The molecule has 0 saturated carbocycles. The van der Waals surface area contributed by atoms with E-state index in [1.54, 1.807) is 18.3 Å². The summed E-state index contributed by atoms with van der Waals surface area (Å²) in [6.45, 7) is 2.22. The molecule has 0 aliphatic carbocycles. The maximum Gasteiger partial charge on any atom is 0.250 e. The number of hydrogen-bond acceptors (Lipinski definition) is 2. The third-order valence-corrected chi connectivity index (χ3v) is 2.92. The summed E-state index contributed by atoms with van der Waals surface area (Å²) in [5, 5.41) is 0. The minimum Gasteiger partial charge on any atom is -0.366 e. The van der Waals surface area contributed by atoms with Crippen molar-refractivity contribution in [3.05, 3.63) is 29.6 Å². The van der Waals surface area contributed by atoms with Gasteiger partial charge in [-0.05, 0) is 25.0 Å². The van der Waals surface area contributed by atoms with E-state index in [0.717, 1.165) is 18.5 Å². The van der Waals surface area contributed by atoms with Crippen LogP contribution in [0, 0.1) is 0 Å². The van der Waals surface area contributed by atoms with Gasteiger partial charge in [0.05, 0.1) is 11.3 Å². The normalized spacial score (nSPS) is 10.4. The Morgan fingerprint density at radius 2 is 1.94 bits per heavy atom. The van der Waals surface area contributed by atoms with Crippen molar-refractivity contribution in [2.75, 3.05) is 0 Å². The predicted molar refractivity (Wildman–Crippen MR) is 69.8 cm³/mol. The summed E-state index contributed by atoms with van der Waals surface area (Å²) in [6.07, 6.45) is 10.0. The lowest BCUT2D eigenvalue weighted by Crippen LogP contribution is -2.14. The average Bonchev–Trinajstić information content (AvgIpc) is 2.34. The molecule has 1 aromatic heterocycles. The summed E-state index contributed by atoms with van der Waals surface area (Å²) in [4.78, 5) is 15.4. The van der Waals surface area contributed by atoms with E-state index in [-0.39, 0.29) is 5.91 Å². The molecule has 1 aromatic rings. The van der Waals surface area contributed by atoms with E-state index in [0.29, 0.717) is 5.56 Å². The molecule has 0 fully saturated rings. The number of carbonyl (C=O) groups is 1. The van der Waals surface area contributed by atoms with Crippen molar-refractivity contribution >= 4 is 5.91 Å². The molecule has 0 unspecified atom stereocenters. The zero-order valence-electron chi connectivity index (χ0n) is 10.6. The van der Waals surface area contributed by atoms with Crippen LogP contribution >= 0.6 is 0 Å². The van der Waals surface area contributed by atoms with Crippen LogP contribution in [0.25, 0.3) is 0 Å². The zero-order valence-corrected chi connectivity index (χ0v) is 10.6. The number of primary amides is 1. The van der Waals surface area contributed by atoms with Crippen LogP contribution < -0.4 is 5.73 Å². The van der Waals surface area contributed by atoms with Crippen molar-refractivity contribution < 1.29 is 4.79 Å². The lowest BCUT2D eigenvalue weighted by Gasteiger charge is -2.05. The fourth-order valence-corrected chi connectivity index (χ4v) is 1.93. The van der Waals surface area contributed by atoms with Crippen molar-refractivity contribution in [2.45, 2.75) is 51.9 Å². The Labute approximate surface area is 103 Å². The SMILES string of the molecule is CCCCCCCCc1ncccc1C(N)=O. The van der Waals surface area contributed by atoms with Gasteiger partial charge in [0, 0.05) is 6.20 Å². The van der Waals surface area contributed by atoms with Crippen LogP contribution in [0.5, 0.6) is 0 Å². The largest absolute Gasteiger partial charge is 0.366 e. The number of nitrogens with zero attached hydrogens (tertiary/aromatic N) is 1. The summed E-state index contributed by atoms with van der Waals surface area (Å²) in [5.41, 5.74) is 6.72. The number of hydrogen-bond donors (Lipinski definition) is 1. The van der Waals surface area contributed by atoms with E-state index in [4.69, 9.17) is 5.73 Å². The van der Waals surface area contributed by atoms with Crippen LogP contribution in [0.1, 0.15) is 61.5 Å². The maximum atomic E-state index is 11.2. The van der Waals surface area contributed by atoms with Crippen LogP contribution in [0.4, 0.5) is 0 Å². The van der Waals surface area contributed by atoms with Crippen LogP contribution in [0.15, 0.2) is 18.3 Å². The molecule has 0 aliphatic rings. The summed E-state index contributed by atoms with van der Waals surface area (Å²) < 4.78 is 0. The highest BCUT2D eigenvalue weighted by molar-refractivity contribution is 5.93. The molecule has 0 spiro atoms. The Morgan fingerprint density at radius 1 is 1.24 bits per heavy atom. The quantitative estimate of drug-likeness (QED) is 0.703. The van der Waals surface area contributed by atoms with Crippen LogP contribution in [0.3, 0.4) is 0 Å². The highest BCUT2D eigenvalue weighted by atomic mass is 16.1. The number of aromatic nitrogens is 1. The molecule has 0 atom stereocenters. The molecule has 0 aromatic carbocycles. The molecule has 1 rings (SSSR count). The number of pyridine rings is 1. The van der Waals surface area contributed by atoms with Gasteiger partial charge in [0.1, 0.15) is 0 Å². The van der Waals surface area contributed by atoms with E-state index < -0.39 is 0 Å². The van der Waals surface area contributed by atoms with Crippen LogP contribution in [-0.4, -0.2) is 10.9 Å². The van der Waals surface area contributed by atoms with Gasteiger partial charge in [0.15, 0.2) is 0 Å². The Hall–Kier alpha value is -1.38. The van der Waals surface area contributed by atoms with Crippen molar-refractivity contribution in [3.8, 4) is 0 Å². The summed E-state index contributed by atoms with van der Waals surface area (Å²) >= 11 is 0. The summed E-state index contributed by atoms with van der Waals surface area (Å²) in [6, 6.07) is 3.51. The Morgan fingerprint density at radius 3 is 2.65 bits per heavy atom. The number of carbonyl (C=O) groups excluding carboxylic acids is 1. The molecule has 0 saturated heterocycles. The van der Waals surface area contributed by atoms with E-state index >= 15 is 0 Å². The Bertz CT molecular complexity index is 350. The fourth-order valence-electron chi connectivity index (χ4n) is 1.93. The Kier molecular flexibility index (Phi) is 6.30. The highest BCUT2D eigenvalue weighted by Crippen LogP contribution is 2.11. The van der Waals surface area contributed by atoms with E-state index in [2.05, 4.69) is 11.9 Å². The second-order valence-electron chi connectivity index (χ2n) is 4.38. The van der Waals surface area contributed by atoms with Crippen LogP contribution in [-0.2, 0) is 6.42 Å². The highest BCUT2D eigenvalue weighted by Gasteiger charge is 2.07. The first-order valence-corrected chi connectivity index (χ1v) is 6.49. The molecule has 3 nitrogen and oxygen atoms in total. The summed E-state index contributed by atoms with van der Waals surface area (Å²) in [7, 11) is 0. The molecular weight excluding hydrogens is 212 g/mol. The number of nitrogens with two attached hydrogens (primary N) is 1. The van der Waals surface area contributed by atoms with Gasteiger partial charge in [0.2, 0.25) is 0 Å². The Balaban J connectivity index is 2.34. The van der Waals surface area contributed by atoms with E-state index in [1.807, 2.05) is 0 Å². The van der Waals surface area contributed by atoms with Gasteiger partial charge in [-0.1, -0.05) is 39.0 Å². The van der Waals surface area contributed by atoms with E-state index in [9.17, 15) is 4.79 Å². The molecule has 17 heavy (non-hydrogen) atoms. The van der Waals surface area contributed by atoms with Gasteiger partial charge in [-0.3, -0.25) is 9.78 Å². The minimum absolute atomic E-state index is 0.376. The first kappa shape index (κ1) is 13.7. The molecule has 0 bridgehead atoms. The molecule has 1 amide bonds. The second-order valence-corrected chi connectivity index (χ2v) is 4.38. The molecule has 2 N–H and O–H groups in total. The van der Waals surface area contributed by atoms with Crippen molar-refractivity contribution in [2.24, 2.45) is 5.73 Å². The van der Waals surface area contributed by atoms with Gasteiger partial charge < -0.3 is 5.73 Å². The molecule has 94 valence electrons. The average molecular weight is 234 g/mol. The number of amides is 1. The van der Waals surface area contributed by atoms with Crippen LogP contribution in [0.2, 0.25) is 0 Å². The zero-order chi connectivity index (χ0) is 12.5. The lowest BCUT2D eigenvalue weighted by molar-refractivity contribution is 0.0999. The van der Waals surface area contributed by atoms with Gasteiger partial charge in [-0.25, -0.2) is 0 Å². The third kappa shape index (κ3) is 4.98. The summed E-state index contributed by atoms with van der Waals surface area (Å²) in [5.74, 6) is -0.376. The first-order valence-electron chi connectivity index (χ1n) is 6.49. The molecular formula is C14H22N2O.